The molecule has 0 bridgehead atoms. The van der Waals surface area contributed by atoms with Crippen molar-refractivity contribution in [2.75, 3.05) is 11.1 Å². The molecule has 0 radical (unpaired) electrons. The van der Waals surface area contributed by atoms with Crippen LogP contribution in [0.5, 0.6) is 0 Å². The number of hydrogen-bond acceptors (Lipinski definition) is 5. The molecule has 6 nitrogen and oxygen atoms in total. The molecule has 4 rings (SSSR count). The third-order valence-electron chi connectivity index (χ3n) is 4.74. The number of pyridine rings is 1. The highest BCUT2D eigenvalue weighted by Crippen LogP contribution is 2.42. The van der Waals surface area contributed by atoms with E-state index in [2.05, 4.69) is 5.32 Å². The number of benzene rings is 1. The summed E-state index contributed by atoms with van der Waals surface area (Å²) in [5.41, 5.74) is 1.53. The lowest BCUT2D eigenvalue weighted by molar-refractivity contribution is -0.384. The van der Waals surface area contributed by atoms with E-state index >= 15 is 0 Å². The number of thioether (sulfide) groups is 1. The summed E-state index contributed by atoms with van der Waals surface area (Å²) < 4.78 is 1.59. The largest absolute Gasteiger partial charge is 0.380 e. The molecular formula is C16H17N3O3S. The molecule has 1 saturated carbocycles. The molecule has 1 aliphatic heterocycles. The van der Waals surface area contributed by atoms with Gasteiger partial charge in [0, 0.05) is 36.4 Å². The van der Waals surface area contributed by atoms with Gasteiger partial charge in [-0.3, -0.25) is 14.9 Å². The fraction of sp³-hybridized carbons (Fsp3) is 0.438. The van der Waals surface area contributed by atoms with Crippen LogP contribution in [0.3, 0.4) is 0 Å². The summed E-state index contributed by atoms with van der Waals surface area (Å²) in [4.78, 5) is 24.1. The maximum Gasteiger partial charge on any atom is 0.270 e. The van der Waals surface area contributed by atoms with Crippen LogP contribution in [0.4, 0.5) is 11.4 Å². The molecule has 0 unspecified atom stereocenters. The van der Waals surface area contributed by atoms with Crippen LogP contribution in [0.25, 0.3) is 10.9 Å². The number of non-ortho nitro benzene ring substituents is 1. The number of nitrogens with zero attached hydrogens (tertiary/aromatic N) is 2. The van der Waals surface area contributed by atoms with E-state index in [0.717, 1.165) is 28.8 Å². The highest BCUT2D eigenvalue weighted by Gasteiger charge is 2.34. The number of nitro benzene ring substituents is 1. The second-order valence-electron chi connectivity index (χ2n) is 6.25. The Morgan fingerprint density at radius 1 is 1.35 bits per heavy atom. The van der Waals surface area contributed by atoms with Crippen LogP contribution in [-0.2, 0) is 7.05 Å². The maximum absolute atomic E-state index is 12.7. The molecule has 120 valence electrons. The Morgan fingerprint density at radius 3 is 2.83 bits per heavy atom. The number of hydrogen-bond donors (Lipinski definition) is 1. The number of anilines is 1. The van der Waals surface area contributed by atoms with Gasteiger partial charge in [-0.1, -0.05) is 0 Å². The average molecular weight is 331 g/mol. The summed E-state index contributed by atoms with van der Waals surface area (Å²) in [6.45, 7) is 0. The minimum absolute atomic E-state index is 0.0321. The SMILES string of the molecule is Cn1c(=O)c2c(c3cc([N+](=O)[O-])ccc31)N[C@@H](C1CC1)CCS2. The average Bonchev–Trinajstić information content (AvgIpc) is 3.37. The second kappa shape index (κ2) is 5.26. The van der Waals surface area contributed by atoms with Gasteiger partial charge in [0.25, 0.3) is 11.2 Å². The monoisotopic (exact) mass is 331 g/mol. The standard InChI is InChI=1S/C16H17N3O3S/c1-18-13-5-4-10(19(21)22)8-11(13)14-15(16(18)20)23-7-6-12(17-14)9-2-3-9/h4-5,8-9,12,17H,2-3,6-7H2,1H3/t12-/m1/s1. The van der Waals surface area contributed by atoms with E-state index in [0.29, 0.717) is 16.9 Å². The summed E-state index contributed by atoms with van der Waals surface area (Å²) in [5.74, 6) is 1.57. The third kappa shape index (κ3) is 2.39. The van der Waals surface area contributed by atoms with E-state index in [1.54, 1.807) is 35.5 Å². The minimum atomic E-state index is -0.390. The molecule has 1 aliphatic carbocycles. The highest BCUT2D eigenvalue weighted by atomic mass is 32.2. The Kier molecular flexibility index (Phi) is 3.33. The summed E-state index contributed by atoms with van der Waals surface area (Å²) in [6, 6.07) is 5.06. The Labute approximate surface area is 137 Å². The van der Waals surface area contributed by atoms with E-state index in [1.165, 1.54) is 18.9 Å². The molecule has 1 aromatic carbocycles. The molecule has 0 amide bonds. The number of rotatable bonds is 2. The summed E-state index contributed by atoms with van der Waals surface area (Å²) in [5, 5.41) is 15.4. The number of aryl methyl sites for hydroxylation is 1. The molecule has 7 heteroatoms. The first-order chi connectivity index (χ1) is 11.1. The van der Waals surface area contributed by atoms with Gasteiger partial charge in [-0.2, -0.15) is 0 Å². The van der Waals surface area contributed by atoms with Gasteiger partial charge >= 0.3 is 0 Å². The number of nitro groups is 1. The summed E-state index contributed by atoms with van der Waals surface area (Å²) in [7, 11) is 1.72. The molecule has 1 N–H and O–H groups in total. The zero-order valence-corrected chi connectivity index (χ0v) is 13.6. The van der Waals surface area contributed by atoms with Crippen LogP contribution in [0.1, 0.15) is 19.3 Å². The topological polar surface area (TPSA) is 77.2 Å². The normalized spacial score (nSPS) is 20.7. The molecule has 2 aliphatic rings. The second-order valence-corrected chi connectivity index (χ2v) is 7.36. The molecule has 1 atom stereocenters. The Balaban J connectivity index is 1.98. The fourth-order valence-corrected chi connectivity index (χ4v) is 4.45. The zero-order valence-electron chi connectivity index (χ0n) is 12.7. The van der Waals surface area contributed by atoms with Gasteiger partial charge in [0.2, 0.25) is 0 Å². The molecule has 1 aromatic heterocycles. The van der Waals surface area contributed by atoms with Crippen molar-refractivity contribution in [1.82, 2.24) is 4.57 Å². The molecule has 1 fully saturated rings. The van der Waals surface area contributed by atoms with Gasteiger partial charge in [-0.05, 0) is 31.2 Å². The molecule has 0 spiro atoms. The molecule has 0 saturated heterocycles. The van der Waals surface area contributed by atoms with E-state index < -0.39 is 0 Å². The Bertz CT molecular complexity index is 873. The van der Waals surface area contributed by atoms with Gasteiger partial charge < -0.3 is 9.88 Å². The van der Waals surface area contributed by atoms with E-state index in [1.807, 2.05) is 0 Å². The Morgan fingerprint density at radius 2 is 2.13 bits per heavy atom. The lowest BCUT2D eigenvalue weighted by Crippen LogP contribution is -2.24. The predicted molar refractivity (Wildman–Crippen MR) is 91.3 cm³/mol. The lowest BCUT2D eigenvalue weighted by atomic mass is 10.1. The highest BCUT2D eigenvalue weighted by molar-refractivity contribution is 7.99. The molecule has 2 heterocycles. The summed E-state index contributed by atoms with van der Waals surface area (Å²) >= 11 is 1.56. The first-order valence-electron chi connectivity index (χ1n) is 7.76. The van der Waals surface area contributed by atoms with E-state index in [4.69, 9.17) is 0 Å². The van der Waals surface area contributed by atoms with Gasteiger partial charge in [-0.15, -0.1) is 11.8 Å². The first-order valence-corrected chi connectivity index (χ1v) is 8.75. The third-order valence-corrected chi connectivity index (χ3v) is 5.85. The van der Waals surface area contributed by atoms with Crippen LogP contribution in [0.15, 0.2) is 27.9 Å². The van der Waals surface area contributed by atoms with E-state index in [9.17, 15) is 14.9 Å². The minimum Gasteiger partial charge on any atom is -0.380 e. The van der Waals surface area contributed by atoms with Gasteiger partial charge in [0.15, 0.2) is 0 Å². The van der Waals surface area contributed by atoms with Crippen LogP contribution in [0, 0.1) is 16.0 Å². The molecular weight excluding hydrogens is 314 g/mol. The van der Waals surface area contributed by atoms with Gasteiger partial charge in [0.1, 0.15) is 0 Å². The number of nitrogens with one attached hydrogen (secondary N) is 1. The zero-order chi connectivity index (χ0) is 16.1. The number of aromatic nitrogens is 1. The van der Waals surface area contributed by atoms with E-state index in [-0.39, 0.29) is 16.2 Å². The van der Waals surface area contributed by atoms with Crippen molar-refractivity contribution in [1.29, 1.82) is 0 Å². The van der Waals surface area contributed by atoms with Crippen molar-refractivity contribution in [2.24, 2.45) is 13.0 Å². The Hall–Kier alpha value is -2.02. The number of fused-ring (bicyclic) bond motifs is 3. The van der Waals surface area contributed by atoms with Gasteiger partial charge in [0.05, 0.1) is 21.0 Å². The van der Waals surface area contributed by atoms with Crippen LogP contribution in [0.2, 0.25) is 0 Å². The van der Waals surface area contributed by atoms with Gasteiger partial charge in [-0.25, -0.2) is 0 Å². The fourth-order valence-electron chi connectivity index (χ4n) is 3.30. The lowest BCUT2D eigenvalue weighted by Gasteiger charge is -2.19. The van der Waals surface area contributed by atoms with Crippen molar-refractivity contribution in [3.8, 4) is 0 Å². The van der Waals surface area contributed by atoms with Crippen molar-refractivity contribution < 1.29 is 4.92 Å². The first kappa shape index (κ1) is 14.6. The van der Waals surface area contributed by atoms with Crippen molar-refractivity contribution in [3.05, 3.63) is 38.7 Å². The van der Waals surface area contributed by atoms with Crippen molar-refractivity contribution in [2.45, 2.75) is 30.2 Å². The van der Waals surface area contributed by atoms with Crippen LogP contribution < -0.4 is 10.9 Å². The van der Waals surface area contributed by atoms with Crippen LogP contribution in [-0.4, -0.2) is 21.3 Å². The smallest absolute Gasteiger partial charge is 0.270 e. The molecule has 2 aromatic rings. The quantitative estimate of drug-likeness (QED) is 0.676. The summed E-state index contributed by atoms with van der Waals surface area (Å²) in [6.07, 6.45) is 3.46. The maximum atomic E-state index is 12.7. The predicted octanol–water partition coefficient (Wildman–Crippen LogP) is 3.13. The van der Waals surface area contributed by atoms with Crippen molar-refractivity contribution in [3.63, 3.8) is 0 Å². The van der Waals surface area contributed by atoms with Crippen LogP contribution >= 0.6 is 11.8 Å². The van der Waals surface area contributed by atoms with Crippen molar-refractivity contribution >= 4 is 34.0 Å². The molecule has 23 heavy (non-hydrogen) atoms.